The van der Waals surface area contributed by atoms with Crippen LogP contribution in [0, 0.1) is 6.92 Å². The van der Waals surface area contributed by atoms with Gasteiger partial charge in [0.1, 0.15) is 0 Å². The second-order valence-electron chi connectivity index (χ2n) is 4.97. The van der Waals surface area contributed by atoms with E-state index in [0.717, 1.165) is 5.33 Å². The minimum atomic E-state index is -2.94. The minimum Gasteiger partial charge on any atom is -0.229 e. The minimum absolute atomic E-state index is 0.259. The van der Waals surface area contributed by atoms with Crippen molar-refractivity contribution >= 4 is 25.8 Å². The number of halogens is 1. The van der Waals surface area contributed by atoms with Gasteiger partial charge in [-0.2, -0.15) is 0 Å². The fourth-order valence-electron chi connectivity index (χ4n) is 1.80. The van der Waals surface area contributed by atoms with E-state index in [0.29, 0.717) is 6.42 Å². The largest absolute Gasteiger partial charge is 0.229 e. The van der Waals surface area contributed by atoms with Crippen molar-refractivity contribution in [2.75, 3.05) is 11.1 Å². The van der Waals surface area contributed by atoms with Crippen molar-refractivity contribution < 1.29 is 8.42 Å². The molecule has 102 valence electrons. The van der Waals surface area contributed by atoms with Crippen LogP contribution in [0.1, 0.15) is 37.3 Å². The number of hydrogen-bond acceptors (Lipinski definition) is 2. The molecule has 1 atom stereocenters. The van der Waals surface area contributed by atoms with E-state index in [4.69, 9.17) is 0 Å². The van der Waals surface area contributed by atoms with Gasteiger partial charge >= 0.3 is 0 Å². The predicted octanol–water partition coefficient (Wildman–Crippen LogP) is 3.69. The summed E-state index contributed by atoms with van der Waals surface area (Å²) >= 11 is 3.49. The molecule has 0 aliphatic rings. The third-order valence-corrected chi connectivity index (χ3v) is 6.19. The van der Waals surface area contributed by atoms with Crippen molar-refractivity contribution in [1.29, 1.82) is 0 Å². The van der Waals surface area contributed by atoms with E-state index >= 15 is 0 Å². The van der Waals surface area contributed by atoms with Gasteiger partial charge in [0, 0.05) is 5.33 Å². The van der Waals surface area contributed by atoms with Crippen LogP contribution in [-0.2, 0) is 9.84 Å². The SMILES string of the molecule is Cc1cccc(C(CBr)CCS(=O)(=O)C(C)C)c1. The first kappa shape index (κ1) is 15.7. The van der Waals surface area contributed by atoms with Gasteiger partial charge in [-0.05, 0) is 38.7 Å². The van der Waals surface area contributed by atoms with Gasteiger partial charge in [0.2, 0.25) is 0 Å². The van der Waals surface area contributed by atoms with E-state index < -0.39 is 9.84 Å². The summed E-state index contributed by atoms with van der Waals surface area (Å²) in [6.07, 6.45) is 0.676. The number of sulfone groups is 1. The highest BCUT2D eigenvalue weighted by Gasteiger charge is 2.19. The van der Waals surface area contributed by atoms with Crippen LogP contribution < -0.4 is 0 Å². The van der Waals surface area contributed by atoms with Crippen LogP contribution in [0.2, 0.25) is 0 Å². The Hall–Kier alpha value is -0.350. The van der Waals surface area contributed by atoms with E-state index in [2.05, 4.69) is 41.1 Å². The average Bonchev–Trinajstić information content (AvgIpc) is 2.29. The van der Waals surface area contributed by atoms with Crippen LogP contribution in [0.5, 0.6) is 0 Å². The first-order chi connectivity index (χ1) is 8.36. The van der Waals surface area contributed by atoms with Crippen molar-refractivity contribution in [3.8, 4) is 0 Å². The number of alkyl halides is 1. The maximum absolute atomic E-state index is 11.8. The summed E-state index contributed by atoms with van der Waals surface area (Å²) in [7, 11) is -2.94. The molecule has 0 saturated heterocycles. The highest BCUT2D eigenvalue weighted by Crippen LogP contribution is 2.24. The Morgan fingerprint density at radius 3 is 2.44 bits per heavy atom. The van der Waals surface area contributed by atoms with Gasteiger partial charge < -0.3 is 0 Å². The molecule has 0 fully saturated rings. The molecule has 0 saturated carbocycles. The lowest BCUT2D eigenvalue weighted by Gasteiger charge is -2.16. The van der Waals surface area contributed by atoms with Crippen molar-refractivity contribution in [2.45, 2.75) is 38.4 Å². The van der Waals surface area contributed by atoms with Crippen LogP contribution >= 0.6 is 15.9 Å². The maximum atomic E-state index is 11.8. The first-order valence-electron chi connectivity index (χ1n) is 6.21. The molecule has 18 heavy (non-hydrogen) atoms. The van der Waals surface area contributed by atoms with Crippen LogP contribution in [0.25, 0.3) is 0 Å². The highest BCUT2D eigenvalue weighted by atomic mass is 79.9. The van der Waals surface area contributed by atoms with Gasteiger partial charge in [0.25, 0.3) is 0 Å². The van der Waals surface area contributed by atoms with E-state index in [9.17, 15) is 8.42 Å². The topological polar surface area (TPSA) is 34.1 Å². The molecule has 0 amide bonds. The lowest BCUT2D eigenvalue weighted by atomic mass is 9.97. The summed E-state index contributed by atoms with van der Waals surface area (Å²) in [5, 5.41) is 0.510. The van der Waals surface area contributed by atoms with E-state index in [-0.39, 0.29) is 16.9 Å². The number of aryl methyl sites for hydroxylation is 1. The fraction of sp³-hybridized carbons (Fsp3) is 0.571. The Balaban J connectivity index is 2.75. The third kappa shape index (κ3) is 4.39. The zero-order valence-electron chi connectivity index (χ0n) is 11.2. The molecular weight excluding hydrogens is 312 g/mol. The Morgan fingerprint density at radius 2 is 1.94 bits per heavy atom. The Kier molecular flexibility index (Phi) is 5.86. The third-order valence-electron chi connectivity index (χ3n) is 3.17. The van der Waals surface area contributed by atoms with Gasteiger partial charge in [0.05, 0.1) is 11.0 Å². The smallest absolute Gasteiger partial charge is 0.152 e. The van der Waals surface area contributed by atoms with Crippen LogP contribution in [0.4, 0.5) is 0 Å². The number of hydrogen-bond donors (Lipinski definition) is 0. The summed E-state index contributed by atoms with van der Waals surface area (Å²) in [6.45, 7) is 5.54. The Morgan fingerprint density at radius 1 is 1.28 bits per heavy atom. The van der Waals surface area contributed by atoms with Crippen molar-refractivity contribution in [2.24, 2.45) is 0 Å². The molecule has 4 heteroatoms. The van der Waals surface area contributed by atoms with E-state index in [1.807, 2.05) is 6.07 Å². The zero-order valence-corrected chi connectivity index (χ0v) is 13.6. The molecule has 0 bridgehead atoms. The molecule has 1 unspecified atom stereocenters. The zero-order chi connectivity index (χ0) is 13.8. The molecule has 2 nitrogen and oxygen atoms in total. The van der Waals surface area contributed by atoms with Gasteiger partial charge in [-0.1, -0.05) is 45.8 Å². The molecule has 0 N–H and O–H groups in total. The second kappa shape index (κ2) is 6.71. The van der Waals surface area contributed by atoms with E-state index in [1.165, 1.54) is 11.1 Å². The van der Waals surface area contributed by atoms with Gasteiger partial charge in [-0.3, -0.25) is 0 Å². The number of benzene rings is 1. The molecular formula is C14H21BrO2S. The highest BCUT2D eigenvalue weighted by molar-refractivity contribution is 9.09. The molecule has 0 radical (unpaired) electrons. The first-order valence-corrected chi connectivity index (χ1v) is 9.04. The molecule has 0 aliphatic carbocycles. The summed E-state index contributed by atoms with van der Waals surface area (Å²) < 4.78 is 23.7. The fourth-order valence-corrected chi connectivity index (χ4v) is 3.58. The molecule has 0 spiro atoms. The molecule has 1 rings (SSSR count). The summed E-state index contributed by atoms with van der Waals surface area (Å²) in [5.74, 6) is 0.521. The van der Waals surface area contributed by atoms with Gasteiger partial charge in [-0.25, -0.2) is 8.42 Å². The summed E-state index contributed by atoms with van der Waals surface area (Å²) in [4.78, 5) is 0. The average molecular weight is 333 g/mol. The summed E-state index contributed by atoms with van der Waals surface area (Å²) in [6, 6.07) is 8.28. The normalized spacial score (nSPS) is 13.8. The van der Waals surface area contributed by atoms with Gasteiger partial charge in [-0.15, -0.1) is 0 Å². The number of rotatable bonds is 6. The molecule has 0 aliphatic heterocycles. The monoisotopic (exact) mass is 332 g/mol. The standard InChI is InChI=1S/C14H21BrO2S/c1-11(2)18(16,17)8-7-14(10-15)13-6-4-5-12(3)9-13/h4-6,9,11,14H,7-8,10H2,1-3H3. The molecule has 1 aromatic rings. The Bertz CT molecular complexity index is 480. The predicted molar refractivity (Wildman–Crippen MR) is 81.3 cm³/mol. The quantitative estimate of drug-likeness (QED) is 0.744. The van der Waals surface area contributed by atoms with Crippen molar-refractivity contribution in [3.05, 3.63) is 35.4 Å². The second-order valence-corrected chi connectivity index (χ2v) is 8.29. The molecule has 1 aromatic carbocycles. The van der Waals surface area contributed by atoms with Crippen LogP contribution in [-0.4, -0.2) is 24.8 Å². The summed E-state index contributed by atoms with van der Waals surface area (Å²) in [5.41, 5.74) is 2.43. The van der Waals surface area contributed by atoms with Crippen molar-refractivity contribution in [3.63, 3.8) is 0 Å². The van der Waals surface area contributed by atoms with Crippen molar-refractivity contribution in [1.82, 2.24) is 0 Å². The lowest BCUT2D eigenvalue weighted by Crippen LogP contribution is -2.19. The molecule has 0 aromatic heterocycles. The van der Waals surface area contributed by atoms with Crippen LogP contribution in [0.3, 0.4) is 0 Å². The lowest BCUT2D eigenvalue weighted by molar-refractivity contribution is 0.580. The Labute approximate surface area is 119 Å². The van der Waals surface area contributed by atoms with Crippen LogP contribution in [0.15, 0.2) is 24.3 Å². The maximum Gasteiger partial charge on any atom is 0.152 e. The molecule has 0 heterocycles. The van der Waals surface area contributed by atoms with E-state index in [1.54, 1.807) is 13.8 Å². The van der Waals surface area contributed by atoms with Gasteiger partial charge in [0.15, 0.2) is 9.84 Å².